The molecule has 0 spiro atoms. The molecule has 0 unspecified atom stereocenters. The third-order valence-electron chi connectivity index (χ3n) is 2.73. The zero-order valence-corrected chi connectivity index (χ0v) is 11.7. The van der Waals surface area contributed by atoms with Crippen molar-refractivity contribution in [3.8, 4) is 0 Å². The average molecular weight is 327 g/mol. The van der Waals surface area contributed by atoms with Crippen LogP contribution < -0.4 is 11.1 Å². The Morgan fingerprint density at radius 3 is 2.63 bits per heavy atom. The van der Waals surface area contributed by atoms with E-state index in [1.54, 1.807) is 18.2 Å². The molecular formula is C14H13BrF2N2. The van der Waals surface area contributed by atoms with Crippen molar-refractivity contribution in [1.29, 1.82) is 0 Å². The second-order valence-electron chi connectivity index (χ2n) is 4.14. The zero-order valence-electron chi connectivity index (χ0n) is 10.1. The highest BCUT2D eigenvalue weighted by atomic mass is 79.9. The lowest BCUT2D eigenvalue weighted by molar-refractivity contribution is 0.610. The maximum Gasteiger partial charge on any atom is 0.126 e. The van der Waals surface area contributed by atoms with Crippen LogP contribution in [0.3, 0.4) is 0 Å². The molecule has 0 radical (unpaired) electrons. The molecular weight excluding hydrogens is 314 g/mol. The fourth-order valence-corrected chi connectivity index (χ4v) is 2.17. The van der Waals surface area contributed by atoms with Crippen molar-refractivity contribution >= 4 is 27.3 Å². The molecule has 0 aliphatic heterocycles. The van der Waals surface area contributed by atoms with E-state index in [1.165, 1.54) is 18.2 Å². The fraction of sp³-hybridized carbons (Fsp3) is 0.143. The number of benzene rings is 2. The van der Waals surface area contributed by atoms with Crippen LogP contribution in [0.25, 0.3) is 0 Å². The van der Waals surface area contributed by atoms with Crippen molar-refractivity contribution in [1.82, 2.24) is 0 Å². The van der Waals surface area contributed by atoms with Crippen LogP contribution in [0.15, 0.2) is 40.9 Å². The first-order valence-corrected chi connectivity index (χ1v) is 6.58. The summed E-state index contributed by atoms with van der Waals surface area (Å²) in [6, 6.07) is 8.98. The van der Waals surface area contributed by atoms with Gasteiger partial charge in [0.15, 0.2) is 0 Å². The van der Waals surface area contributed by atoms with Gasteiger partial charge in [0, 0.05) is 11.0 Å². The highest BCUT2D eigenvalue weighted by molar-refractivity contribution is 9.10. The number of nitrogens with two attached hydrogens (primary N) is 1. The molecule has 2 aromatic carbocycles. The Labute approximate surface area is 118 Å². The molecule has 2 nitrogen and oxygen atoms in total. The van der Waals surface area contributed by atoms with Gasteiger partial charge in [-0.3, -0.25) is 0 Å². The molecule has 0 aliphatic rings. The first kappa shape index (κ1) is 13.8. The van der Waals surface area contributed by atoms with Crippen molar-refractivity contribution in [3.05, 3.63) is 58.1 Å². The number of hydrogen-bond donors (Lipinski definition) is 2. The van der Waals surface area contributed by atoms with Crippen molar-refractivity contribution in [3.63, 3.8) is 0 Å². The SMILES string of the molecule is Nc1cc(F)ccc1NCCc1cc(Br)ccc1F. The van der Waals surface area contributed by atoms with E-state index in [1.807, 2.05) is 0 Å². The van der Waals surface area contributed by atoms with Crippen molar-refractivity contribution < 1.29 is 8.78 Å². The van der Waals surface area contributed by atoms with Crippen LogP contribution in [-0.4, -0.2) is 6.54 Å². The Bertz CT molecular complexity index is 588. The molecule has 0 saturated carbocycles. The first-order chi connectivity index (χ1) is 9.06. The van der Waals surface area contributed by atoms with Crippen LogP contribution in [0.4, 0.5) is 20.2 Å². The van der Waals surface area contributed by atoms with E-state index in [0.29, 0.717) is 29.9 Å². The topological polar surface area (TPSA) is 38.0 Å². The molecule has 0 amide bonds. The van der Waals surface area contributed by atoms with Crippen LogP contribution in [0.2, 0.25) is 0 Å². The zero-order chi connectivity index (χ0) is 13.8. The van der Waals surface area contributed by atoms with Gasteiger partial charge in [0.2, 0.25) is 0 Å². The monoisotopic (exact) mass is 326 g/mol. The molecule has 0 aliphatic carbocycles. The Morgan fingerprint density at radius 1 is 1.11 bits per heavy atom. The minimum atomic E-state index is -0.374. The highest BCUT2D eigenvalue weighted by Crippen LogP contribution is 2.20. The van der Waals surface area contributed by atoms with Gasteiger partial charge in [-0.25, -0.2) is 8.78 Å². The van der Waals surface area contributed by atoms with Gasteiger partial charge < -0.3 is 11.1 Å². The second-order valence-corrected chi connectivity index (χ2v) is 5.06. The molecule has 0 atom stereocenters. The number of nitrogen functional groups attached to an aromatic ring is 1. The summed E-state index contributed by atoms with van der Waals surface area (Å²) in [5.41, 5.74) is 7.28. The predicted molar refractivity (Wildman–Crippen MR) is 77.1 cm³/mol. The first-order valence-electron chi connectivity index (χ1n) is 5.79. The van der Waals surface area contributed by atoms with Crippen LogP contribution in [0, 0.1) is 11.6 Å². The largest absolute Gasteiger partial charge is 0.397 e. The molecule has 0 aromatic heterocycles. The Hall–Kier alpha value is -1.62. The smallest absolute Gasteiger partial charge is 0.126 e. The minimum absolute atomic E-state index is 0.239. The maximum absolute atomic E-state index is 13.5. The van der Waals surface area contributed by atoms with Crippen LogP contribution in [-0.2, 0) is 6.42 Å². The van der Waals surface area contributed by atoms with E-state index < -0.39 is 0 Å². The molecule has 3 N–H and O–H groups in total. The van der Waals surface area contributed by atoms with E-state index in [-0.39, 0.29) is 11.6 Å². The van der Waals surface area contributed by atoms with Gasteiger partial charge in [0.1, 0.15) is 11.6 Å². The summed E-state index contributed by atoms with van der Waals surface area (Å²) in [5, 5.41) is 3.06. The highest BCUT2D eigenvalue weighted by Gasteiger charge is 2.04. The molecule has 5 heteroatoms. The lowest BCUT2D eigenvalue weighted by atomic mass is 10.1. The number of rotatable bonds is 4. The normalized spacial score (nSPS) is 10.5. The fourth-order valence-electron chi connectivity index (χ4n) is 1.76. The summed E-state index contributed by atoms with van der Waals surface area (Å²) in [6.07, 6.45) is 0.516. The Balaban J connectivity index is 1.98. The van der Waals surface area contributed by atoms with Crippen LogP contribution in [0.1, 0.15) is 5.56 Å². The Morgan fingerprint density at radius 2 is 1.89 bits per heavy atom. The quantitative estimate of drug-likeness (QED) is 0.834. The molecule has 2 rings (SSSR count). The maximum atomic E-state index is 13.5. The number of anilines is 2. The van der Waals surface area contributed by atoms with Gasteiger partial charge in [-0.05, 0) is 48.4 Å². The van der Waals surface area contributed by atoms with E-state index in [0.717, 1.165) is 4.47 Å². The molecule has 100 valence electrons. The third kappa shape index (κ3) is 3.67. The Kier molecular flexibility index (Phi) is 4.37. The lowest BCUT2D eigenvalue weighted by Crippen LogP contribution is -2.08. The molecule has 0 bridgehead atoms. The number of halogens is 3. The van der Waals surface area contributed by atoms with Crippen molar-refractivity contribution in [2.45, 2.75) is 6.42 Å². The van der Waals surface area contributed by atoms with Crippen molar-refractivity contribution in [2.24, 2.45) is 0 Å². The van der Waals surface area contributed by atoms with Gasteiger partial charge in [0.25, 0.3) is 0 Å². The second kappa shape index (κ2) is 6.02. The van der Waals surface area contributed by atoms with Crippen molar-refractivity contribution in [2.75, 3.05) is 17.6 Å². The van der Waals surface area contributed by atoms with Crippen LogP contribution >= 0.6 is 15.9 Å². The van der Waals surface area contributed by atoms with E-state index >= 15 is 0 Å². The summed E-state index contributed by atoms with van der Waals surface area (Å²) in [7, 11) is 0. The molecule has 0 fully saturated rings. The molecule has 2 aromatic rings. The molecule has 19 heavy (non-hydrogen) atoms. The lowest BCUT2D eigenvalue weighted by Gasteiger charge is -2.10. The van der Waals surface area contributed by atoms with Gasteiger partial charge in [-0.2, -0.15) is 0 Å². The van der Waals surface area contributed by atoms with Crippen LogP contribution in [0.5, 0.6) is 0 Å². The average Bonchev–Trinajstić information content (AvgIpc) is 2.36. The number of hydrogen-bond acceptors (Lipinski definition) is 2. The molecule has 0 saturated heterocycles. The predicted octanol–water partition coefficient (Wildman–Crippen LogP) is 3.96. The summed E-state index contributed by atoms with van der Waals surface area (Å²) < 4.78 is 27.2. The number of nitrogens with one attached hydrogen (secondary N) is 1. The summed E-state index contributed by atoms with van der Waals surface area (Å²) >= 11 is 3.30. The van der Waals surface area contributed by atoms with Gasteiger partial charge >= 0.3 is 0 Å². The van der Waals surface area contributed by atoms with E-state index in [2.05, 4.69) is 21.2 Å². The third-order valence-corrected chi connectivity index (χ3v) is 3.22. The summed E-state index contributed by atoms with van der Waals surface area (Å²) in [5.74, 6) is -0.613. The summed E-state index contributed by atoms with van der Waals surface area (Å²) in [4.78, 5) is 0. The van der Waals surface area contributed by atoms with Gasteiger partial charge in [0.05, 0.1) is 11.4 Å². The standard InChI is InChI=1S/C14H13BrF2N2/c15-10-1-3-12(17)9(7-10)5-6-19-14-4-2-11(16)8-13(14)18/h1-4,7-8,19H,5-6,18H2. The van der Waals surface area contributed by atoms with E-state index in [4.69, 9.17) is 5.73 Å². The minimum Gasteiger partial charge on any atom is -0.397 e. The van der Waals surface area contributed by atoms with Gasteiger partial charge in [-0.1, -0.05) is 15.9 Å². The molecule has 0 heterocycles. The van der Waals surface area contributed by atoms with Gasteiger partial charge in [-0.15, -0.1) is 0 Å². The summed E-state index contributed by atoms with van der Waals surface area (Å²) in [6.45, 7) is 0.517. The van der Waals surface area contributed by atoms with E-state index in [9.17, 15) is 8.78 Å².